The molecular formula is C14H19BrFNO. The average molecular weight is 316 g/mol. The van der Waals surface area contributed by atoms with E-state index in [0.717, 1.165) is 36.0 Å². The largest absolute Gasteiger partial charge is 0.396 e. The van der Waals surface area contributed by atoms with Crippen molar-refractivity contribution in [3.8, 4) is 0 Å². The minimum atomic E-state index is -0.166. The Kier molecular flexibility index (Phi) is 4.41. The highest BCUT2D eigenvalue weighted by atomic mass is 79.9. The van der Waals surface area contributed by atoms with E-state index in [-0.39, 0.29) is 17.8 Å². The van der Waals surface area contributed by atoms with Gasteiger partial charge in [-0.25, -0.2) is 4.39 Å². The van der Waals surface area contributed by atoms with Gasteiger partial charge in [0, 0.05) is 35.1 Å². The topological polar surface area (TPSA) is 23.5 Å². The lowest BCUT2D eigenvalue weighted by atomic mass is 9.82. The van der Waals surface area contributed by atoms with E-state index >= 15 is 0 Å². The van der Waals surface area contributed by atoms with Crippen LogP contribution in [-0.4, -0.2) is 29.7 Å². The van der Waals surface area contributed by atoms with E-state index in [2.05, 4.69) is 27.8 Å². The van der Waals surface area contributed by atoms with Crippen LogP contribution >= 0.6 is 15.9 Å². The molecule has 1 N–H and O–H groups in total. The molecule has 0 saturated carbocycles. The molecule has 1 fully saturated rings. The molecule has 0 aromatic heterocycles. The molecule has 2 rings (SSSR count). The smallest absolute Gasteiger partial charge is 0.128 e. The van der Waals surface area contributed by atoms with Crippen molar-refractivity contribution in [2.24, 2.45) is 5.41 Å². The molecule has 1 aromatic rings. The summed E-state index contributed by atoms with van der Waals surface area (Å²) in [6, 6.07) is 5.20. The molecule has 0 spiro atoms. The van der Waals surface area contributed by atoms with Gasteiger partial charge >= 0.3 is 0 Å². The van der Waals surface area contributed by atoms with Gasteiger partial charge in [0.25, 0.3) is 0 Å². The van der Waals surface area contributed by atoms with Crippen molar-refractivity contribution in [2.45, 2.75) is 26.3 Å². The van der Waals surface area contributed by atoms with Gasteiger partial charge in [0.05, 0.1) is 0 Å². The van der Waals surface area contributed by atoms with Crippen molar-refractivity contribution in [2.75, 3.05) is 19.7 Å². The third kappa shape index (κ3) is 3.31. The van der Waals surface area contributed by atoms with Gasteiger partial charge in [-0.3, -0.25) is 4.90 Å². The van der Waals surface area contributed by atoms with Crippen molar-refractivity contribution in [3.63, 3.8) is 0 Å². The van der Waals surface area contributed by atoms with Crippen molar-refractivity contribution >= 4 is 15.9 Å². The summed E-state index contributed by atoms with van der Waals surface area (Å²) in [5.41, 5.74) is 0.685. The van der Waals surface area contributed by atoms with Crippen LogP contribution in [0, 0.1) is 11.2 Å². The second kappa shape index (κ2) is 5.68. The van der Waals surface area contributed by atoms with Crippen LogP contribution < -0.4 is 0 Å². The Bertz CT molecular complexity index is 426. The Labute approximate surface area is 116 Å². The Balaban J connectivity index is 2.05. The summed E-state index contributed by atoms with van der Waals surface area (Å²) in [5, 5.41) is 9.42. The fourth-order valence-corrected chi connectivity index (χ4v) is 2.92. The van der Waals surface area contributed by atoms with E-state index < -0.39 is 0 Å². The molecule has 1 aliphatic rings. The summed E-state index contributed by atoms with van der Waals surface area (Å²) in [5.74, 6) is -0.166. The normalized spacial score (nSPS) is 25.3. The van der Waals surface area contributed by atoms with E-state index in [4.69, 9.17) is 0 Å². The Morgan fingerprint density at radius 3 is 2.94 bits per heavy atom. The van der Waals surface area contributed by atoms with Crippen LogP contribution in [-0.2, 0) is 6.54 Å². The molecule has 1 aliphatic heterocycles. The van der Waals surface area contributed by atoms with Crippen LogP contribution in [0.15, 0.2) is 22.7 Å². The summed E-state index contributed by atoms with van der Waals surface area (Å²) in [6.07, 6.45) is 2.11. The molecule has 0 amide bonds. The number of aliphatic hydroxyl groups is 1. The number of rotatable bonds is 3. The zero-order chi connectivity index (χ0) is 13.2. The predicted molar refractivity (Wildman–Crippen MR) is 73.8 cm³/mol. The Morgan fingerprint density at radius 2 is 2.28 bits per heavy atom. The van der Waals surface area contributed by atoms with Gasteiger partial charge in [0.15, 0.2) is 0 Å². The fraction of sp³-hybridized carbons (Fsp3) is 0.571. The van der Waals surface area contributed by atoms with Crippen molar-refractivity contribution in [3.05, 3.63) is 34.1 Å². The molecule has 100 valence electrons. The minimum absolute atomic E-state index is 0.0376. The predicted octanol–water partition coefficient (Wildman–Crippen LogP) is 3.18. The number of likely N-dealkylation sites (tertiary alicyclic amines) is 1. The van der Waals surface area contributed by atoms with Crippen LogP contribution in [0.3, 0.4) is 0 Å². The zero-order valence-electron chi connectivity index (χ0n) is 10.6. The third-order valence-corrected chi connectivity index (χ3v) is 4.14. The van der Waals surface area contributed by atoms with Crippen LogP contribution in [0.2, 0.25) is 0 Å². The fourth-order valence-electron chi connectivity index (χ4n) is 2.58. The van der Waals surface area contributed by atoms with E-state index in [1.54, 1.807) is 0 Å². The minimum Gasteiger partial charge on any atom is -0.396 e. The lowest BCUT2D eigenvalue weighted by Crippen LogP contribution is -2.43. The molecule has 0 aliphatic carbocycles. The number of benzene rings is 1. The van der Waals surface area contributed by atoms with Crippen LogP contribution in [0.25, 0.3) is 0 Å². The molecule has 4 heteroatoms. The van der Waals surface area contributed by atoms with Gasteiger partial charge in [-0.05, 0) is 31.5 Å². The number of aliphatic hydroxyl groups excluding tert-OH is 1. The summed E-state index contributed by atoms with van der Waals surface area (Å²) < 4.78 is 14.5. The van der Waals surface area contributed by atoms with E-state index in [1.165, 1.54) is 6.07 Å². The lowest BCUT2D eigenvalue weighted by molar-refractivity contribution is 0.0424. The first-order chi connectivity index (χ1) is 8.52. The number of piperidine rings is 1. The second-order valence-electron chi connectivity index (χ2n) is 5.52. The Hall–Kier alpha value is -0.450. The van der Waals surface area contributed by atoms with E-state index in [0.29, 0.717) is 6.54 Å². The quantitative estimate of drug-likeness (QED) is 0.926. The lowest BCUT2D eigenvalue weighted by Gasteiger charge is -2.39. The standard InChI is InChI=1S/C14H19BrFNO/c1-14(10-18)5-2-6-17(9-14)8-11-3-4-12(15)7-13(11)16/h3-4,7,18H,2,5-6,8-10H2,1H3. The van der Waals surface area contributed by atoms with Gasteiger partial charge in [0.2, 0.25) is 0 Å². The van der Waals surface area contributed by atoms with Gasteiger partial charge < -0.3 is 5.11 Å². The third-order valence-electron chi connectivity index (χ3n) is 3.65. The molecule has 1 unspecified atom stereocenters. The number of hydrogen-bond acceptors (Lipinski definition) is 2. The molecule has 0 radical (unpaired) electrons. The van der Waals surface area contributed by atoms with E-state index in [9.17, 15) is 9.50 Å². The maximum Gasteiger partial charge on any atom is 0.128 e. The second-order valence-corrected chi connectivity index (χ2v) is 6.43. The van der Waals surface area contributed by atoms with Crippen LogP contribution in [0.1, 0.15) is 25.3 Å². The molecule has 18 heavy (non-hydrogen) atoms. The average Bonchev–Trinajstić information content (AvgIpc) is 2.33. The van der Waals surface area contributed by atoms with Gasteiger partial charge in [-0.15, -0.1) is 0 Å². The molecule has 2 nitrogen and oxygen atoms in total. The summed E-state index contributed by atoms with van der Waals surface area (Å²) >= 11 is 3.26. The summed E-state index contributed by atoms with van der Waals surface area (Å²) in [7, 11) is 0. The highest BCUT2D eigenvalue weighted by Gasteiger charge is 2.30. The van der Waals surface area contributed by atoms with Crippen LogP contribution in [0.4, 0.5) is 4.39 Å². The van der Waals surface area contributed by atoms with Crippen LogP contribution in [0.5, 0.6) is 0 Å². The molecule has 1 saturated heterocycles. The monoisotopic (exact) mass is 315 g/mol. The molecular weight excluding hydrogens is 297 g/mol. The molecule has 1 atom stereocenters. The summed E-state index contributed by atoms with van der Waals surface area (Å²) in [6.45, 7) is 4.72. The first kappa shape index (κ1) is 14.0. The number of halogens is 2. The Morgan fingerprint density at radius 1 is 1.50 bits per heavy atom. The first-order valence-corrected chi connectivity index (χ1v) is 7.09. The summed E-state index contributed by atoms with van der Waals surface area (Å²) in [4.78, 5) is 2.23. The van der Waals surface area contributed by atoms with E-state index in [1.807, 2.05) is 12.1 Å². The number of hydrogen-bond donors (Lipinski definition) is 1. The zero-order valence-corrected chi connectivity index (χ0v) is 12.2. The van der Waals surface area contributed by atoms with Crippen molar-refractivity contribution in [1.82, 2.24) is 4.90 Å². The number of nitrogens with zero attached hydrogens (tertiary/aromatic N) is 1. The maximum atomic E-state index is 13.8. The SMILES string of the molecule is CC1(CO)CCCN(Cc2ccc(Br)cc2F)C1. The molecule has 1 heterocycles. The molecule has 1 aromatic carbocycles. The van der Waals surface area contributed by atoms with Gasteiger partial charge in [-0.2, -0.15) is 0 Å². The van der Waals surface area contributed by atoms with Gasteiger partial charge in [0.1, 0.15) is 5.82 Å². The maximum absolute atomic E-state index is 13.8. The highest BCUT2D eigenvalue weighted by Crippen LogP contribution is 2.30. The van der Waals surface area contributed by atoms with Crippen molar-refractivity contribution in [1.29, 1.82) is 0 Å². The molecule has 0 bridgehead atoms. The first-order valence-electron chi connectivity index (χ1n) is 6.30. The van der Waals surface area contributed by atoms with Gasteiger partial charge in [-0.1, -0.05) is 28.9 Å². The highest BCUT2D eigenvalue weighted by molar-refractivity contribution is 9.10. The van der Waals surface area contributed by atoms with Crippen molar-refractivity contribution < 1.29 is 9.50 Å².